The van der Waals surface area contributed by atoms with Gasteiger partial charge in [0.1, 0.15) is 0 Å². The Hall–Kier alpha value is -2.88. The molecule has 144 valence electrons. The molecule has 1 aliphatic heterocycles. The number of carbonyl (C=O) groups excluding carboxylic acids is 1. The standard InChI is InChI=1S/C24H26N2O2/c1-17-11-12-19(15-18(17)2)26-16-22(20-9-5-6-10-21(20)24(26)28)23(27)25-13-7-3-4-8-14-25/h5-6,9-12,15-16H,3-4,7-8,13-14H2,1-2H3. The number of likely N-dealkylation sites (tertiary alicyclic amines) is 1. The number of rotatable bonds is 2. The Bertz CT molecular complexity index is 1090. The summed E-state index contributed by atoms with van der Waals surface area (Å²) in [5, 5.41) is 1.32. The highest BCUT2D eigenvalue weighted by atomic mass is 16.2. The molecule has 0 radical (unpaired) electrons. The second-order valence-corrected chi connectivity index (χ2v) is 7.74. The molecule has 1 aliphatic rings. The van der Waals surface area contributed by atoms with Crippen LogP contribution in [0.5, 0.6) is 0 Å². The molecule has 4 nitrogen and oxygen atoms in total. The van der Waals surface area contributed by atoms with Crippen LogP contribution in [0.3, 0.4) is 0 Å². The van der Waals surface area contributed by atoms with E-state index in [0.717, 1.165) is 42.6 Å². The monoisotopic (exact) mass is 374 g/mol. The lowest BCUT2D eigenvalue weighted by molar-refractivity contribution is 0.0763. The van der Waals surface area contributed by atoms with Crippen molar-refractivity contribution in [2.45, 2.75) is 39.5 Å². The fourth-order valence-corrected chi connectivity index (χ4v) is 3.97. The van der Waals surface area contributed by atoms with Crippen molar-refractivity contribution in [3.8, 4) is 5.69 Å². The van der Waals surface area contributed by atoms with Gasteiger partial charge >= 0.3 is 0 Å². The maximum absolute atomic E-state index is 13.4. The predicted molar refractivity (Wildman–Crippen MR) is 113 cm³/mol. The molecular formula is C24H26N2O2. The number of fused-ring (bicyclic) bond motifs is 1. The molecule has 0 N–H and O–H groups in total. The van der Waals surface area contributed by atoms with Gasteiger partial charge in [0.25, 0.3) is 11.5 Å². The zero-order valence-electron chi connectivity index (χ0n) is 16.6. The van der Waals surface area contributed by atoms with E-state index in [1.54, 1.807) is 10.8 Å². The molecule has 28 heavy (non-hydrogen) atoms. The van der Waals surface area contributed by atoms with Gasteiger partial charge in [0.2, 0.25) is 0 Å². The van der Waals surface area contributed by atoms with Crippen molar-refractivity contribution in [2.75, 3.05) is 13.1 Å². The fourth-order valence-electron chi connectivity index (χ4n) is 3.97. The van der Waals surface area contributed by atoms with Crippen LogP contribution in [-0.2, 0) is 0 Å². The van der Waals surface area contributed by atoms with Crippen LogP contribution in [0.1, 0.15) is 47.2 Å². The highest BCUT2D eigenvalue weighted by Crippen LogP contribution is 2.22. The lowest BCUT2D eigenvalue weighted by Crippen LogP contribution is -2.33. The largest absolute Gasteiger partial charge is 0.339 e. The summed E-state index contributed by atoms with van der Waals surface area (Å²) in [6.45, 7) is 5.66. The van der Waals surface area contributed by atoms with E-state index in [-0.39, 0.29) is 11.5 Å². The van der Waals surface area contributed by atoms with Gasteiger partial charge in [0, 0.05) is 35.7 Å². The third-order valence-electron chi connectivity index (χ3n) is 5.82. The van der Waals surface area contributed by atoms with E-state index in [1.807, 2.05) is 54.3 Å². The molecule has 3 aromatic rings. The molecule has 0 unspecified atom stereocenters. The lowest BCUT2D eigenvalue weighted by atomic mass is 10.0. The number of aryl methyl sites for hydroxylation is 2. The number of hydrogen-bond acceptors (Lipinski definition) is 2. The maximum atomic E-state index is 13.4. The van der Waals surface area contributed by atoms with Gasteiger partial charge in [-0.2, -0.15) is 0 Å². The summed E-state index contributed by atoms with van der Waals surface area (Å²) in [6, 6.07) is 13.4. The Labute approximate surface area is 165 Å². The molecule has 4 heteroatoms. The van der Waals surface area contributed by atoms with Gasteiger partial charge in [-0.25, -0.2) is 0 Å². The molecule has 1 fully saturated rings. The van der Waals surface area contributed by atoms with Crippen LogP contribution in [0.25, 0.3) is 16.5 Å². The maximum Gasteiger partial charge on any atom is 0.262 e. The molecule has 0 bridgehead atoms. The lowest BCUT2D eigenvalue weighted by Gasteiger charge is -2.22. The third-order valence-corrected chi connectivity index (χ3v) is 5.82. The van der Waals surface area contributed by atoms with E-state index in [0.29, 0.717) is 10.9 Å². The molecule has 1 aromatic heterocycles. The van der Waals surface area contributed by atoms with Crippen molar-refractivity contribution < 1.29 is 4.79 Å². The van der Waals surface area contributed by atoms with Crippen LogP contribution in [0.2, 0.25) is 0 Å². The van der Waals surface area contributed by atoms with Crippen molar-refractivity contribution in [3.63, 3.8) is 0 Å². The summed E-state index contributed by atoms with van der Waals surface area (Å²) < 4.78 is 1.62. The van der Waals surface area contributed by atoms with E-state index < -0.39 is 0 Å². The molecule has 0 aliphatic carbocycles. The quantitative estimate of drug-likeness (QED) is 0.657. The van der Waals surface area contributed by atoms with Gasteiger partial charge in [-0.15, -0.1) is 0 Å². The number of carbonyl (C=O) groups is 1. The molecular weight excluding hydrogens is 348 g/mol. The highest BCUT2D eigenvalue weighted by Gasteiger charge is 2.21. The first-order valence-corrected chi connectivity index (χ1v) is 10.1. The summed E-state index contributed by atoms with van der Waals surface area (Å²) >= 11 is 0. The Balaban J connectivity index is 1.90. The molecule has 0 saturated carbocycles. The molecule has 0 atom stereocenters. The minimum absolute atomic E-state index is 0.0238. The Morgan fingerprint density at radius 1 is 0.857 bits per heavy atom. The molecule has 4 rings (SSSR count). The summed E-state index contributed by atoms with van der Waals surface area (Å²) in [5.74, 6) is 0.0238. The van der Waals surface area contributed by atoms with E-state index in [4.69, 9.17) is 0 Å². The molecule has 2 aromatic carbocycles. The van der Waals surface area contributed by atoms with Crippen molar-refractivity contribution >= 4 is 16.7 Å². The van der Waals surface area contributed by atoms with Gasteiger partial charge in [-0.3, -0.25) is 14.2 Å². The summed E-state index contributed by atoms with van der Waals surface area (Å²) in [5.41, 5.74) is 3.61. The Kier molecular flexibility index (Phi) is 5.03. The Morgan fingerprint density at radius 2 is 1.54 bits per heavy atom. The number of aromatic nitrogens is 1. The highest BCUT2D eigenvalue weighted by molar-refractivity contribution is 6.06. The smallest absolute Gasteiger partial charge is 0.262 e. The van der Waals surface area contributed by atoms with Gasteiger partial charge in [0.05, 0.1) is 5.56 Å². The van der Waals surface area contributed by atoms with Gasteiger partial charge < -0.3 is 4.90 Å². The van der Waals surface area contributed by atoms with Crippen LogP contribution in [0.4, 0.5) is 0 Å². The topological polar surface area (TPSA) is 42.3 Å². The van der Waals surface area contributed by atoms with Gasteiger partial charge in [0.15, 0.2) is 0 Å². The van der Waals surface area contributed by atoms with Gasteiger partial charge in [-0.05, 0) is 56.0 Å². The number of pyridine rings is 1. The number of benzene rings is 2. The van der Waals surface area contributed by atoms with Crippen LogP contribution >= 0.6 is 0 Å². The number of hydrogen-bond donors (Lipinski definition) is 0. The average Bonchev–Trinajstić information content (AvgIpc) is 3.00. The second kappa shape index (κ2) is 7.63. The van der Waals surface area contributed by atoms with Crippen molar-refractivity contribution in [1.29, 1.82) is 0 Å². The number of amides is 1. The van der Waals surface area contributed by atoms with Crippen LogP contribution in [0.15, 0.2) is 53.5 Å². The SMILES string of the molecule is Cc1ccc(-n2cc(C(=O)N3CCCCCC3)c3ccccc3c2=O)cc1C. The van der Waals surface area contributed by atoms with Crippen molar-refractivity contribution in [2.24, 2.45) is 0 Å². The first kappa shape index (κ1) is 18.5. The molecule has 1 saturated heterocycles. The zero-order chi connectivity index (χ0) is 19.7. The second-order valence-electron chi connectivity index (χ2n) is 7.74. The van der Waals surface area contributed by atoms with Crippen LogP contribution in [-0.4, -0.2) is 28.5 Å². The molecule has 1 amide bonds. The minimum atomic E-state index is -0.0914. The van der Waals surface area contributed by atoms with E-state index in [1.165, 1.54) is 18.4 Å². The summed E-state index contributed by atoms with van der Waals surface area (Å²) in [4.78, 5) is 28.5. The number of nitrogens with zero attached hydrogens (tertiary/aromatic N) is 2. The van der Waals surface area contributed by atoms with Crippen molar-refractivity contribution in [1.82, 2.24) is 9.47 Å². The normalized spacial score (nSPS) is 14.9. The van der Waals surface area contributed by atoms with E-state index in [2.05, 4.69) is 6.92 Å². The first-order chi connectivity index (χ1) is 13.6. The summed E-state index contributed by atoms with van der Waals surface area (Å²) in [7, 11) is 0. The first-order valence-electron chi connectivity index (χ1n) is 10.1. The third kappa shape index (κ3) is 3.35. The van der Waals surface area contributed by atoms with Crippen molar-refractivity contribution in [3.05, 3.63) is 75.7 Å². The molecule has 2 heterocycles. The zero-order valence-corrected chi connectivity index (χ0v) is 16.6. The Morgan fingerprint density at radius 3 is 2.21 bits per heavy atom. The predicted octanol–water partition coefficient (Wildman–Crippen LogP) is 4.62. The van der Waals surface area contributed by atoms with Gasteiger partial charge in [-0.1, -0.05) is 37.1 Å². The minimum Gasteiger partial charge on any atom is -0.339 e. The van der Waals surface area contributed by atoms with E-state index >= 15 is 0 Å². The average molecular weight is 374 g/mol. The van der Waals surface area contributed by atoms with E-state index in [9.17, 15) is 9.59 Å². The van der Waals surface area contributed by atoms with Crippen LogP contribution in [0, 0.1) is 13.8 Å². The summed E-state index contributed by atoms with van der Waals surface area (Å²) in [6.07, 6.45) is 6.17. The van der Waals surface area contributed by atoms with Crippen LogP contribution < -0.4 is 5.56 Å². The molecule has 0 spiro atoms. The fraction of sp³-hybridized carbons (Fsp3) is 0.333.